The Morgan fingerprint density at radius 2 is 1.32 bits per heavy atom. The SMILES string of the molecule is Cc1ccc([C@@]2(C)CC(C)(C)N(C(=O)[C@H](Cc3ccccc3)N3C(=O)c4ccccc4C3=O)c3ccccc32)cc1. The molecule has 0 N–H and O–H groups in total. The molecule has 0 bridgehead atoms. The lowest BCUT2D eigenvalue weighted by Gasteiger charge is -2.52. The first-order valence-corrected chi connectivity index (χ1v) is 14.1. The molecule has 0 aromatic heterocycles. The van der Waals surface area contributed by atoms with Crippen molar-refractivity contribution in [2.45, 2.75) is 57.5 Å². The maximum atomic E-state index is 14.9. The van der Waals surface area contributed by atoms with Crippen molar-refractivity contribution in [1.82, 2.24) is 4.90 Å². The number of carbonyl (C=O) groups excluding carboxylic acids is 3. The molecule has 5 nitrogen and oxygen atoms in total. The van der Waals surface area contributed by atoms with Gasteiger partial charge in [-0.3, -0.25) is 19.3 Å². The Morgan fingerprint density at radius 3 is 1.95 bits per heavy atom. The summed E-state index contributed by atoms with van der Waals surface area (Å²) in [7, 11) is 0. The topological polar surface area (TPSA) is 57.7 Å². The van der Waals surface area contributed by atoms with E-state index in [1.807, 2.05) is 53.4 Å². The van der Waals surface area contributed by atoms with Crippen LogP contribution in [-0.4, -0.2) is 34.2 Å². The van der Waals surface area contributed by atoms with Crippen molar-refractivity contribution in [3.63, 3.8) is 0 Å². The van der Waals surface area contributed by atoms with Crippen molar-refractivity contribution in [2.24, 2.45) is 0 Å². The average Bonchev–Trinajstić information content (AvgIpc) is 3.21. The van der Waals surface area contributed by atoms with E-state index in [-0.39, 0.29) is 17.7 Å². The number of benzene rings is 4. The predicted octanol–water partition coefficient (Wildman–Crippen LogP) is 6.72. The van der Waals surface area contributed by atoms with Gasteiger partial charge in [-0.1, -0.05) is 97.4 Å². The maximum Gasteiger partial charge on any atom is 0.262 e. The van der Waals surface area contributed by atoms with E-state index in [0.717, 1.165) is 16.8 Å². The molecular weight excluding hydrogens is 508 g/mol. The number of carbonyl (C=O) groups is 3. The van der Waals surface area contributed by atoms with Gasteiger partial charge in [0.2, 0.25) is 0 Å². The lowest BCUT2D eigenvalue weighted by atomic mass is 9.65. The monoisotopic (exact) mass is 542 g/mol. The van der Waals surface area contributed by atoms with E-state index in [1.54, 1.807) is 24.3 Å². The zero-order valence-electron chi connectivity index (χ0n) is 23.9. The molecule has 3 amide bonds. The molecule has 6 rings (SSSR count). The Bertz CT molecular complexity index is 1620. The number of aryl methyl sites for hydroxylation is 1. The van der Waals surface area contributed by atoms with Gasteiger partial charge in [-0.2, -0.15) is 0 Å². The fourth-order valence-electron chi connectivity index (χ4n) is 6.86. The van der Waals surface area contributed by atoms with E-state index in [1.165, 1.54) is 16.0 Å². The van der Waals surface area contributed by atoms with Gasteiger partial charge in [0.05, 0.1) is 11.1 Å². The molecule has 0 aliphatic carbocycles. The highest BCUT2D eigenvalue weighted by Crippen LogP contribution is 2.50. The Labute approximate surface area is 241 Å². The number of amides is 3. The Kier molecular flexibility index (Phi) is 6.41. The van der Waals surface area contributed by atoms with Gasteiger partial charge >= 0.3 is 0 Å². The molecule has 206 valence electrons. The number of fused-ring (bicyclic) bond motifs is 2. The van der Waals surface area contributed by atoms with Crippen LogP contribution in [0.2, 0.25) is 0 Å². The molecule has 2 heterocycles. The number of hydrogen-bond acceptors (Lipinski definition) is 3. The molecule has 0 radical (unpaired) electrons. The van der Waals surface area contributed by atoms with E-state index in [4.69, 9.17) is 0 Å². The molecule has 5 heteroatoms. The molecule has 2 atom stereocenters. The number of hydrogen-bond donors (Lipinski definition) is 0. The fourth-order valence-corrected chi connectivity index (χ4v) is 6.86. The van der Waals surface area contributed by atoms with Crippen LogP contribution >= 0.6 is 0 Å². The summed E-state index contributed by atoms with van der Waals surface area (Å²) in [6.45, 7) is 8.48. The molecular formula is C36H34N2O3. The second-order valence-corrected chi connectivity index (χ2v) is 12.1. The molecule has 0 saturated heterocycles. The van der Waals surface area contributed by atoms with Gasteiger partial charge in [0.1, 0.15) is 6.04 Å². The molecule has 41 heavy (non-hydrogen) atoms. The van der Waals surface area contributed by atoms with E-state index in [0.29, 0.717) is 17.5 Å². The summed E-state index contributed by atoms with van der Waals surface area (Å²) < 4.78 is 0. The van der Waals surface area contributed by atoms with Crippen molar-refractivity contribution in [2.75, 3.05) is 4.90 Å². The van der Waals surface area contributed by atoms with Crippen LogP contribution < -0.4 is 4.90 Å². The highest BCUT2D eigenvalue weighted by Gasteiger charge is 2.51. The minimum absolute atomic E-state index is 0.231. The summed E-state index contributed by atoms with van der Waals surface area (Å²) in [5, 5.41) is 0. The van der Waals surface area contributed by atoms with E-state index in [9.17, 15) is 14.4 Å². The normalized spacial score (nSPS) is 20.0. The third-order valence-electron chi connectivity index (χ3n) is 8.73. The van der Waals surface area contributed by atoms with Gasteiger partial charge in [0.25, 0.3) is 17.7 Å². The van der Waals surface area contributed by atoms with Gasteiger partial charge < -0.3 is 4.90 Å². The molecule has 4 aromatic carbocycles. The third-order valence-corrected chi connectivity index (χ3v) is 8.73. The third kappa shape index (κ3) is 4.37. The molecule has 0 unspecified atom stereocenters. The Morgan fingerprint density at radius 1 is 0.756 bits per heavy atom. The van der Waals surface area contributed by atoms with Gasteiger partial charge in [-0.25, -0.2) is 0 Å². The average molecular weight is 543 g/mol. The van der Waals surface area contributed by atoms with Crippen molar-refractivity contribution in [1.29, 1.82) is 0 Å². The van der Waals surface area contributed by atoms with Crippen molar-refractivity contribution >= 4 is 23.4 Å². The van der Waals surface area contributed by atoms with E-state index in [2.05, 4.69) is 58.0 Å². The van der Waals surface area contributed by atoms with Gasteiger partial charge in [0, 0.05) is 23.1 Å². The minimum atomic E-state index is -0.999. The predicted molar refractivity (Wildman–Crippen MR) is 161 cm³/mol. The van der Waals surface area contributed by atoms with Gasteiger partial charge in [-0.15, -0.1) is 0 Å². The second kappa shape index (κ2) is 9.84. The lowest BCUT2D eigenvalue weighted by Crippen LogP contribution is -2.61. The Balaban J connectivity index is 1.48. The van der Waals surface area contributed by atoms with Crippen LogP contribution in [0.4, 0.5) is 5.69 Å². The van der Waals surface area contributed by atoms with Crippen molar-refractivity contribution < 1.29 is 14.4 Å². The number of para-hydroxylation sites is 1. The molecule has 2 aliphatic rings. The zero-order chi connectivity index (χ0) is 28.9. The summed E-state index contributed by atoms with van der Waals surface area (Å²) in [5.74, 6) is -1.10. The van der Waals surface area contributed by atoms with Crippen LogP contribution in [0.1, 0.15) is 70.2 Å². The second-order valence-electron chi connectivity index (χ2n) is 12.1. The highest BCUT2D eigenvalue weighted by molar-refractivity contribution is 6.23. The smallest absolute Gasteiger partial charge is 0.262 e. The van der Waals surface area contributed by atoms with Crippen LogP contribution in [-0.2, 0) is 16.6 Å². The minimum Gasteiger partial charge on any atom is -0.305 e. The molecule has 2 aliphatic heterocycles. The Hall–Kier alpha value is -4.51. The molecule has 4 aromatic rings. The first-order valence-electron chi connectivity index (χ1n) is 14.1. The quantitative estimate of drug-likeness (QED) is 0.263. The standard InChI is InChI=1S/C36H34N2O3/c1-24-18-20-26(21-19-24)36(4)23-35(2,3)38(30-17-11-10-16-29(30)36)34(41)31(22-25-12-6-5-7-13-25)37-32(39)27-14-8-9-15-28(27)33(37)40/h5-21,31H,22-23H2,1-4H3/t31-,36+/m0/s1. The number of anilines is 1. The summed E-state index contributed by atoms with van der Waals surface area (Å²) in [4.78, 5) is 45.3. The molecule has 0 saturated carbocycles. The van der Waals surface area contributed by atoms with Crippen LogP contribution in [0.5, 0.6) is 0 Å². The molecule has 0 spiro atoms. The summed E-state index contributed by atoms with van der Waals surface area (Å²) >= 11 is 0. The maximum absolute atomic E-state index is 14.9. The number of imide groups is 1. The van der Waals surface area contributed by atoms with Gasteiger partial charge in [0.15, 0.2) is 0 Å². The van der Waals surface area contributed by atoms with Crippen LogP contribution in [0.3, 0.4) is 0 Å². The van der Waals surface area contributed by atoms with Gasteiger partial charge in [-0.05, 0) is 62.1 Å². The first-order chi connectivity index (χ1) is 19.6. The first kappa shape index (κ1) is 26.7. The summed E-state index contributed by atoms with van der Waals surface area (Å²) in [6.07, 6.45) is 0.904. The summed E-state index contributed by atoms with van der Waals surface area (Å²) in [6, 6.07) is 32.1. The highest BCUT2D eigenvalue weighted by atomic mass is 16.2. The number of rotatable bonds is 5. The van der Waals surface area contributed by atoms with Crippen LogP contribution in [0.15, 0.2) is 103 Å². The van der Waals surface area contributed by atoms with E-state index >= 15 is 0 Å². The zero-order valence-corrected chi connectivity index (χ0v) is 23.9. The van der Waals surface area contributed by atoms with Crippen molar-refractivity contribution in [3.8, 4) is 0 Å². The lowest BCUT2D eigenvalue weighted by molar-refractivity contribution is -0.123. The summed E-state index contributed by atoms with van der Waals surface area (Å²) in [5.41, 5.74) is 4.87. The molecule has 0 fully saturated rings. The fraction of sp³-hybridized carbons (Fsp3) is 0.250. The largest absolute Gasteiger partial charge is 0.305 e. The van der Waals surface area contributed by atoms with Crippen molar-refractivity contribution in [3.05, 3.63) is 137 Å². The van der Waals surface area contributed by atoms with Crippen LogP contribution in [0, 0.1) is 6.92 Å². The van der Waals surface area contributed by atoms with Crippen LogP contribution in [0.25, 0.3) is 0 Å². The number of nitrogens with zero attached hydrogens (tertiary/aromatic N) is 2. The van der Waals surface area contributed by atoms with E-state index < -0.39 is 23.4 Å².